The van der Waals surface area contributed by atoms with Crippen LogP contribution in [0.25, 0.3) is 0 Å². The van der Waals surface area contributed by atoms with E-state index in [4.69, 9.17) is 0 Å². The molecule has 0 N–H and O–H groups in total. The molecule has 0 fully saturated rings. The standard InChI is InChI=1S/C8H15N/c1-3-7(2)8-4-5-9-6-8/h6-8H,3-5H2,1-2H3. The van der Waals surface area contributed by atoms with E-state index < -0.39 is 0 Å². The van der Waals surface area contributed by atoms with Crippen molar-refractivity contribution in [3.8, 4) is 0 Å². The second-order valence-electron chi connectivity index (χ2n) is 2.89. The molecule has 0 bridgehead atoms. The predicted molar refractivity (Wildman–Crippen MR) is 40.9 cm³/mol. The molecule has 0 saturated carbocycles. The Bertz CT molecular complexity index is 107. The molecule has 1 heterocycles. The minimum atomic E-state index is 0.787. The molecule has 0 aromatic carbocycles. The van der Waals surface area contributed by atoms with Gasteiger partial charge in [-0.2, -0.15) is 0 Å². The lowest BCUT2D eigenvalue weighted by atomic mass is 9.92. The van der Waals surface area contributed by atoms with Crippen molar-refractivity contribution in [3.05, 3.63) is 0 Å². The number of nitrogens with zero attached hydrogens (tertiary/aromatic N) is 1. The molecule has 52 valence electrons. The molecular weight excluding hydrogens is 110 g/mol. The zero-order valence-electron chi connectivity index (χ0n) is 6.30. The maximum absolute atomic E-state index is 4.21. The first-order chi connectivity index (χ1) is 4.34. The van der Waals surface area contributed by atoms with E-state index in [1.165, 1.54) is 12.8 Å². The summed E-state index contributed by atoms with van der Waals surface area (Å²) in [5, 5.41) is 0. The summed E-state index contributed by atoms with van der Waals surface area (Å²) >= 11 is 0. The fourth-order valence-corrected chi connectivity index (χ4v) is 1.24. The van der Waals surface area contributed by atoms with Gasteiger partial charge in [-0.05, 0) is 18.3 Å². The lowest BCUT2D eigenvalue weighted by Gasteiger charge is -2.12. The normalized spacial score (nSPS) is 28.9. The van der Waals surface area contributed by atoms with Crippen LogP contribution in [0.4, 0.5) is 0 Å². The molecule has 2 unspecified atom stereocenters. The van der Waals surface area contributed by atoms with Crippen molar-refractivity contribution in [1.82, 2.24) is 0 Å². The van der Waals surface area contributed by atoms with Crippen molar-refractivity contribution in [2.75, 3.05) is 6.54 Å². The maximum atomic E-state index is 4.21. The van der Waals surface area contributed by atoms with Crippen molar-refractivity contribution in [2.45, 2.75) is 26.7 Å². The largest absolute Gasteiger partial charge is 0.297 e. The van der Waals surface area contributed by atoms with Crippen LogP contribution in [-0.4, -0.2) is 12.8 Å². The van der Waals surface area contributed by atoms with Crippen LogP contribution in [0.2, 0.25) is 0 Å². The molecule has 0 saturated heterocycles. The first-order valence-electron chi connectivity index (χ1n) is 3.84. The van der Waals surface area contributed by atoms with Crippen LogP contribution in [0, 0.1) is 11.8 Å². The van der Waals surface area contributed by atoms with Crippen molar-refractivity contribution in [2.24, 2.45) is 16.8 Å². The zero-order chi connectivity index (χ0) is 6.69. The molecule has 0 radical (unpaired) electrons. The summed E-state index contributed by atoms with van der Waals surface area (Å²) in [6.45, 7) is 5.62. The van der Waals surface area contributed by atoms with Gasteiger partial charge in [0.25, 0.3) is 0 Å². The summed E-state index contributed by atoms with van der Waals surface area (Å²) < 4.78 is 0. The highest BCUT2D eigenvalue weighted by atomic mass is 14.7. The average molecular weight is 125 g/mol. The van der Waals surface area contributed by atoms with E-state index in [0.717, 1.165) is 18.4 Å². The SMILES string of the molecule is CCC(C)C1C=NCC1. The lowest BCUT2D eigenvalue weighted by Crippen LogP contribution is -2.08. The Hall–Kier alpha value is -0.330. The van der Waals surface area contributed by atoms with E-state index in [1.54, 1.807) is 0 Å². The van der Waals surface area contributed by atoms with E-state index in [2.05, 4.69) is 25.1 Å². The van der Waals surface area contributed by atoms with Crippen LogP contribution in [0.5, 0.6) is 0 Å². The highest BCUT2D eigenvalue weighted by molar-refractivity contribution is 5.63. The summed E-state index contributed by atoms with van der Waals surface area (Å²) in [5.74, 6) is 1.63. The zero-order valence-corrected chi connectivity index (χ0v) is 6.30. The predicted octanol–water partition coefficient (Wildman–Crippen LogP) is 2.12. The third-order valence-electron chi connectivity index (χ3n) is 2.26. The smallest absolute Gasteiger partial charge is 0.0391 e. The van der Waals surface area contributed by atoms with Crippen molar-refractivity contribution in [3.63, 3.8) is 0 Å². The molecule has 0 aromatic heterocycles. The van der Waals surface area contributed by atoms with Gasteiger partial charge in [0.15, 0.2) is 0 Å². The molecule has 9 heavy (non-hydrogen) atoms. The summed E-state index contributed by atoms with van der Waals surface area (Å²) in [6.07, 6.45) is 4.71. The Labute approximate surface area is 57.2 Å². The minimum Gasteiger partial charge on any atom is -0.297 e. The Balaban J connectivity index is 2.33. The quantitative estimate of drug-likeness (QED) is 0.536. The molecular formula is C8H15N. The van der Waals surface area contributed by atoms with E-state index in [0.29, 0.717) is 0 Å². The first kappa shape index (κ1) is 6.79. The molecule has 1 aliphatic rings. The van der Waals surface area contributed by atoms with Crippen LogP contribution in [-0.2, 0) is 0 Å². The van der Waals surface area contributed by atoms with Gasteiger partial charge in [-0.25, -0.2) is 0 Å². The Kier molecular flexibility index (Phi) is 2.26. The van der Waals surface area contributed by atoms with Crippen LogP contribution < -0.4 is 0 Å². The number of aliphatic imine (C=N–C) groups is 1. The Morgan fingerprint density at radius 3 is 3.00 bits per heavy atom. The molecule has 2 atom stereocenters. The number of hydrogen-bond acceptors (Lipinski definition) is 1. The van der Waals surface area contributed by atoms with Gasteiger partial charge in [0.1, 0.15) is 0 Å². The Morgan fingerprint density at radius 1 is 1.78 bits per heavy atom. The van der Waals surface area contributed by atoms with Crippen LogP contribution in [0.15, 0.2) is 4.99 Å². The Morgan fingerprint density at radius 2 is 2.56 bits per heavy atom. The van der Waals surface area contributed by atoms with Gasteiger partial charge >= 0.3 is 0 Å². The molecule has 1 nitrogen and oxygen atoms in total. The van der Waals surface area contributed by atoms with E-state index in [-0.39, 0.29) is 0 Å². The van der Waals surface area contributed by atoms with E-state index in [9.17, 15) is 0 Å². The highest BCUT2D eigenvalue weighted by Crippen LogP contribution is 2.20. The van der Waals surface area contributed by atoms with Crippen molar-refractivity contribution >= 4 is 6.21 Å². The fourth-order valence-electron chi connectivity index (χ4n) is 1.24. The van der Waals surface area contributed by atoms with Crippen LogP contribution in [0.1, 0.15) is 26.7 Å². The molecule has 0 spiro atoms. The summed E-state index contributed by atoms with van der Waals surface area (Å²) in [5.41, 5.74) is 0. The van der Waals surface area contributed by atoms with Gasteiger partial charge in [0.05, 0.1) is 0 Å². The number of hydrogen-bond donors (Lipinski definition) is 0. The third-order valence-corrected chi connectivity index (χ3v) is 2.26. The van der Waals surface area contributed by atoms with E-state index >= 15 is 0 Å². The van der Waals surface area contributed by atoms with Crippen LogP contribution >= 0.6 is 0 Å². The van der Waals surface area contributed by atoms with Crippen LogP contribution in [0.3, 0.4) is 0 Å². The lowest BCUT2D eigenvalue weighted by molar-refractivity contribution is 0.443. The monoisotopic (exact) mass is 125 g/mol. The minimum absolute atomic E-state index is 0.787. The van der Waals surface area contributed by atoms with Gasteiger partial charge in [0, 0.05) is 12.8 Å². The van der Waals surface area contributed by atoms with Crippen molar-refractivity contribution in [1.29, 1.82) is 0 Å². The van der Waals surface area contributed by atoms with E-state index in [1.807, 2.05) is 0 Å². The molecule has 0 aliphatic carbocycles. The average Bonchev–Trinajstić information content (AvgIpc) is 2.37. The van der Waals surface area contributed by atoms with Gasteiger partial charge in [-0.3, -0.25) is 4.99 Å². The van der Waals surface area contributed by atoms with Gasteiger partial charge < -0.3 is 0 Å². The molecule has 1 heteroatoms. The highest BCUT2D eigenvalue weighted by Gasteiger charge is 2.15. The molecule has 1 aliphatic heterocycles. The summed E-state index contributed by atoms with van der Waals surface area (Å²) in [6, 6.07) is 0. The second kappa shape index (κ2) is 3.00. The first-order valence-corrected chi connectivity index (χ1v) is 3.84. The molecule has 0 aromatic rings. The topological polar surface area (TPSA) is 12.4 Å². The van der Waals surface area contributed by atoms with Gasteiger partial charge in [-0.1, -0.05) is 20.3 Å². The van der Waals surface area contributed by atoms with Gasteiger partial charge in [0.2, 0.25) is 0 Å². The fraction of sp³-hybridized carbons (Fsp3) is 0.875. The van der Waals surface area contributed by atoms with Gasteiger partial charge in [-0.15, -0.1) is 0 Å². The molecule has 1 rings (SSSR count). The second-order valence-corrected chi connectivity index (χ2v) is 2.89. The summed E-state index contributed by atoms with van der Waals surface area (Å²) in [4.78, 5) is 4.21. The maximum Gasteiger partial charge on any atom is 0.0391 e. The summed E-state index contributed by atoms with van der Waals surface area (Å²) in [7, 11) is 0. The molecule has 0 amide bonds. The number of rotatable bonds is 2. The third kappa shape index (κ3) is 1.54. The van der Waals surface area contributed by atoms with Crippen molar-refractivity contribution < 1.29 is 0 Å².